The fourth-order valence-corrected chi connectivity index (χ4v) is 2.96. The molecule has 1 aliphatic rings. The molecule has 0 bridgehead atoms. The lowest BCUT2D eigenvalue weighted by Crippen LogP contribution is -2.41. The molecular formula is C17H22N4O4. The lowest BCUT2D eigenvalue weighted by Gasteiger charge is -2.33. The minimum Gasteiger partial charge on any atom is -0.459 e. The maximum absolute atomic E-state index is 12.7. The summed E-state index contributed by atoms with van der Waals surface area (Å²) < 4.78 is 12.2. The first kappa shape index (κ1) is 17.2. The van der Waals surface area contributed by atoms with Crippen molar-refractivity contribution in [2.45, 2.75) is 26.4 Å². The molecule has 25 heavy (non-hydrogen) atoms. The highest BCUT2D eigenvalue weighted by molar-refractivity contribution is 5.93. The number of hydrogen-bond acceptors (Lipinski definition) is 5. The Labute approximate surface area is 145 Å². The van der Waals surface area contributed by atoms with Crippen molar-refractivity contribution in [3.63, 3.8) is 0 Å². The van der Waals surface area contributed by atoms with Crippen molar-refractivity contribution in [1.82, 2.24) is 19.8 Å². The summed E-state index contributed by atoms with van der Waals surface area (Å²) >= 11 is 0. The first-order valence-corrected chi connectivity index (χ1v) is 8.22. The molecule has 2 amide bonds. The molecule has 1 unspecified atom stereocenters. The molecule has 3 rings (SSSR count). The number of methoxy groups -OCH3 is 1. The third kappa shape index (κ3) is 3.30. The molecule has 134 valence electrons. The molecule has 0 radical (unpaired) electrons. The van der Waals surface area contributed by atoms with Crippen LogP contribution in [0.5, 0.6) is 0 Å². The van der Waals surface area contributed by atoms with E-state index in [1.54, 1.807) is 24.3 Å². The number of imidazole rings is 1. The van der Waals surface area contributed by atoms with Gasteiger partial charge in [0.1, 0.15) is 11.5 Å². The van der Waals surface area contributed by atoms with Crippen LogP contribution < -0.4 is 5.32 Å². The zero-order valence-electron chi connectivity index (χ0n) is 14.6. The third-order valence-electron chi connectivity index (χ3n) is 4.37. The lowest BCUT2D eigenvalue weighted by atomic mass is 10.1. The van der Waals surface area contributed by atoms with Crippen LogP contribution in [0.4, 0.5) is 0 Å². The van der Waals surface area contributed by atoms with Gasteiger partial charge in [-0.2, -0.15) is 0 Å². The topological polar surface area (TPSA) is 89.6 Å². The summed E-state index contributed by atoms with van der Waals surface area (Å²) in [6, 6.07) is 1.52. The quantitative estimate of drug-likeness (QED) is 0.826. The second-order valence-corrected chi connectivity index (χ2v) is 6.03. The summed E-state index contributed by atoms with van der Waals surface area (Å²) in [5, 5.41) is 2.75. The summed E-state index contributed by atoms with van der Waals surface area (Å²) in [6.07, 6.45) is 3.24. The molecule has 1 aliphatic heterocycles. The van der Waals surface area contributed by atoms with E-state index < -0.39 is 0 Å². The van der Waals surface area contributed by atoms with Crippen LogP contribution in [0.2, 0.25) is 0 Å². The Bertz CT molecular complexity index is 779. The molecule has 8 heteroatoms. The number of aromatic nitrogens is 2. The minimum absolute atomic E-state index is 0.157. The van der Waals surface area contributed by atoms with Gasteiger partial charge >= 0.3 is 0 Å². The molecule has 0 spiro atoms. The molecule has 0 saturated carbocycles. The van der Waals surface area contributed by atoms with Gasteiger partial charge in [0.05, 0.1) is 18.9 Å². The summed E-state index contributed by atoms with van der Waals surface area (Å²) in [6.45, 7) is 5.74. The van der Waals surface area contributed by atoms with Crippen LogP contribution in [0.15, 0.2) is 22.9 Å². The number of nitrogens with one attached hydrogen (secondary N) is 1. The van der Waals surface area contributed by atoms with E-state index in [1.807, 2.05) is 18.4 Å². The number of fused-ring (bicyclic) bond motifs is 1. The van der Waals surface area contributed by atoms with Gasteiger partial charge in [0.2, 0.25) is 0 Å². The average Bonchev–Trinajstić information content (AvgIpc) is 3.21. The highest BCUT2D eigenvalue weighted by Crippen LogP contribution is 2.27. The Morgan fingerprint density at radius 1 is 1.44 bits per heavy atom. The molecule has 0 saturated heterocycles. The summed E-state index contributed by atoms with van der Waals surface area (Å²) in [5.41, 5.74) is 1.16. The number of hydrogen-bond donors (Lipinski definition) is 1. The molecule has 2 aromatic rings. The number of aryl methyl sites for hydroxylation is 1. The first-order valence-electron chi connectivity index (χ1n) is 8.22. The summed E-state index contributed by atoms with van der Waals surface area (Å²) in [7, 11) is 1.58. The second-order valence-electron chi connectivity index (χ2n) is 6.03. The number of furan rings is 1. The van der Waals surface area contributed by atoms with Crippen molar-refractivity contribution in [2.24, 2.45) is 0 Å². The van der Waals surface area contributed by atoms with Gasteiger partial charge in [-0.3, -0.25) is 9.59 Å². The molecule has 0 aliphatic carbocycles. The van der Waals surface area contributed by atoms with Gasteiger partial charge in [-0.05, 0) is 19.9 Å². The minimum atomic E-state index is -0.245. The van der Waals surface area contributed by atoms with Crippen LogP contribution in [0.3, 0.4) is 0 Å². The van der Waals surface area contributed by atoms with Crippen LogP contribution >= 0.6 is 0 Å². The molecule has 3 heterocycles. The summed E-state index contributed by atoms with van der Waals surface area (Å²) in [5.74, 6) is 0.645. The van der Waals surface area contributed by atoms with E-state index in [4.69, 9.17) is 9.15 Å². The Kier molecular flexibility index (Phi) is 4.89. The fourth-order valence-electron chi connectivity index (χ4n) is 2.96. The van der Waals surface area contributed by atoms with Crippen molar-refractivity contribution in [1.29, 1.82) is 0 Å². The van der Waals surface area contributed by atoms with Crippen molar-refractivity contribution < 1.29 is 18.7 Å². The maximum Gasteiger partial charge on any atom is 0.290 e. The summed E-state index contributed by atoms with van der Waals surface area (Å²) in [4.78, 5) is 31.0. The van der Waals surface area contributed by atoms with E-state index in [9.17, 15) is 9.59 Å². The van der Waals surface area contributed by atoms with E-state index in [2.05, 4.69) is 10.3 Å². The van der Waals surface area contributed by atoms with Crippen molar-refractivity contribution >= 4 is 11.8 Å². The highest BCUT2D eigenvalue weighted by atomic mass is 16.5. The Morgan fingerprint density at radius 3 is 2.92 bits per heavy atom. The van der Waals surface area contributed by atoms with Crippen LogP contribution in [-0.4, -0.2) is 53.1 Å². The van der Waals surface area contributed by atoms with Crippen LogP contribution in [0, 0.1) is 6.92 Å². The van der Waals surface area contributed by atoms with E-state index in [0.29, 0.717) is 43.5 Å². The number of rotatable bonds is 5. The van der Waals surface area contributed by atoms with E-state index in [-0.39, 0.29) is 17.9 Å². The number of amides is 2. The predicted octanol–water partition coefficient (Wildman–Crippen LogP) is 1.38. The zero-order chi connectivity index (χ0) is 18.0. The van der Waals surface area contributed by atoms with Gasteiger partial charge in [0, 0.05) is 38.5 Å². The Hall–Kier alpha value is -2.61. The maximum atomic E-state index is 12.7. The molecule has 2 aromatic heterocycles. The number of nitrogens with zero attached hydrogens (tertiary/aromatic N) is 3. The predicted molar refractivity (Wildman–Crippen MR) is 89.3 cm³/mol. The monoisotopic (exact) mass is 346 g/mol. The first-order chi connectivity index (χ1) is 12.0. The number of ether oxygens (including phenoxy) is 1. The van der Waals surface area contributed by atoms with Gasteiger partial charge in [-0.1, -0.05) is 0 Å². The molecule has 1 atom stereocenters. The van der Waals surface area contributed by atoms with E-state index in [1.165, 1.54) is 6.26 Å². The molecule has 1 N–H and O–H groups in total. The second kappa shape index (κ2) is 7.10. The molecule has 0 fully saturated rings. The Morgan fingerprint density at radius 2 is 2.24 bits per heavy atom. The number of carbonyl (C=O) groups is 2. The van der Waals surface area contributed by atoms with E-state index in [0.717, 1.165) is 5.56 Å². The Balaban J connectivity index is 1.76. The lowest BCUT2D eigenvalue weighted by molar-refractivity contribution is 0.0604. The smallest absolute Gasteiger partial charge is 0.290 e. The van der Waals surface area contributed by atoms with Crippen LogP contribution in [0.25, 0.3) is 0 Å². The van der Waals surface area contributed by atoms with Crippen molar-refractivity contribution in [3.05, 3.63) is 41.4 Å². The van der Waals surface area contributed by atoms with Gasteiger partial charge in [-0.25, -0.2) is 4.98 Å². The normalized spacial score (nSPS) is 16.6. The average molecular weight is 346 g/mol. The van der Waals surface area contributed by atoms with Gasteiger partial charge in [-0.15, -0.1) is 0 Å². The standard InChI is InChI=1S/C17H22N4O4/c1-11-4-8-25-14(11)17(23)21-7-6-20-10-13(19-15(20)12(21)2)16(22)18-5-9-24-3/h4,8,10,12H,5-7,9H2,1-3H3,(H,18,22). The molecule has 0 aromatic carbocycles. The van der Waals surface area contributed by atoms with Gasteiger partial charge < -0.3 is 23.9 Å². The SMILES string of the molecule is COCCNC(=O)c1cn2c(n1)C(C)N(C(=O)c1occc1C)CC2. The van der Waals surface area contributed by atoms with Crippen LogP contribution in [-0.2, 0) is 11.3 Å². The van der Waals surface area contributed by atoms with Crippen molar-refractivity contribution in [3.8, 4) is 0 Å². The molecular weight excluding hydrogens is 324 g/mol. The molecule has 8 nitrogen and oxygen atoms in total. The highest BCUT2D eigenvalue weighted by Gasteiger charge is 2.32. The van der Waals surface area contributed by atoms with Gasteiger partial charge in [0.15, 0.2) is 5.76 Å². The van der Waals surface area contributed by atoms with Crippen molar-refractivity contribution in [2.75, 3.05) is 26.8 Å². The number of carbonyl (C=O) groups excluding carboxylic acids is 2. The van der Waals surface area contributed by atoms with Crippen LogP contribution in [0.1, 0.15) is 45.4 Å². The zero-order valence-corrected chi connectivity index (χ0v) is 14.6. The third-order valence-corrected chi connectivity index (χ3v) is 4.37. The largest absolute Gasteiger partial charge is 0.459 e. The van der Waals surface area contributed by atoms with Gasteiger partial charge in [0.25, 0.3) is 11.8 Å². The fraction of sp³-hybridized carbons (Fsp3) is 0.471. The van der Waals surface area contributed by atoms with E-state index >= 15 is 0 Å².